The molecule has 0 saturated carbocycles. The van der Waals surface area contributed by atoms with Crippen LogP contribution >= 0.6 is 0 Å². The van der Waals surface area contributed by atoms with Gasteiger partial charge in [-0.25, -0.2) is 4.39 Å². The van der Waals surface area contributed by atoms with Crippen LogP contribution in [0.2, 0.25) is 0 Å². The van der Waals surface area contributed by atoms with Crippen molar-refractivity contribution in [2.75, 3.05) is 26.8 Å². The molecule has 37 heavy (non-hydrogen) atoms. The van der Waals surface area contributed by atoms with Gasteiger partial charge in [-0.15, -0.1) is 0 Å². The second-order valence-electron chi connectivity index (χ2n) is 9.70. The normalized spacial score (nSPS) is 13.6. The molecule has 7 heteroatoms. The zero-order valence-electron chi connectivity index (χ0n) is 21.1. The van der Waals surface area contributed by atoms with E-state index in [0.29, 0.717) is 44.0 Å². The van der Waals surface area contributed by atoms with Crippen LogP contribution in [0.1, 0.15) is 39.1 Å². The van der Waals surface area contributed by atoms with Crippen LogP contribution in [0, 0.1) is 18.7 Å². The Bertz CT molecular complexity index is 1420. The van der Waals surface area contributed by atoms with Gasteiger partial charge in [-0.1, -0.05) is 24.3 Å². The first-order valence-corrected chi connectivity index (χ1v) is 12.6. The highest BCUT2D eigenvalue weighted by molar-refractivity contribution is 6.01. The van der Waals surface area contributed by atoms with Gasteiger partial charge in [0.1, 0.15) is 5.82 Å². The van der Waals surface area contributed by atoms with Crippen molar-refractivity contribution >= 4 is 22.6 Å². The van der Waals surface area contributed by atoms with E-state index < -0.39 is 0 Å². The van der Waals surface area contributed by atoms with E-state index in [1.54, 1.807) is 19.2 Å². The zero-order chi connectivity index (χ0) is 25.9. The van der Waals surface area contributed by atoms with Crippen molar-refractivity contribution in [3.63, 3.8) is 0 Å². The SMILES string of the molecule is COCCCC(=O)c1ccc2nn(CC3CN(C(=O)c4ccc(-c5ccc(F)cc5)cc4)C3)cc2c1C. The number of carbonyl (C=O) groups excluding carboxylic acids is 2. The van der Waals surface area contributed by atoms with Crippen molar-refractivity contribution in [3.8, 4) is 11.1 Å². The minimum atomic E-state index is -0.269. The van der Waals surface area contributed by atoms with Gasteiger partial charge in [0.25, 0.3) is 5.91 Å². The summed E-state index contributed by atoms with van der Waals surface area (Å²) < 4.78 is 20.2. The first-order chi connectivity index (χ1) is 17.9. The van der Waals surface area contributed by atoms with Crippen LogP contribution in [-0.4, -0.2) is 53.2 Å². The van der Waals surface area contributed by atoms with E-state index in [0.717, 1.165) is 39.7 Å². The maximum absolute atomic E-state index is 13.2. The molecule has 1 amide bonds. The summed E-state index contributed by atoms with van der Waals surface area (Å²) in [7, 11) is 1.64. The molecule has 3 aromatic carbocycles. The summed E-state index contributed by atoms with van der Waals surface area (Å²) in [6.07, 6.45) is 3.19. The predicted octanol–water partition coefficient (Wildman–Crippen LogP) is 5.53. The molecule has 190 valence electrons. The molecular weight excluding hydrogens is 469 g/mol. The first-order valence-electron chi connectivity index (χ1n) is 12.6. The number of amides is 1. The molecule has 0 radical (unpaired) electrons. The van der Waals surface area contributed by atoms with Gasteiger partial charge in [-0.2, -0.15) is 5.10 Å². The number of aryl methyl sites for hydroxylation is 1. The second kappa shape index (κ2) is 10.6. The Kier molecular flexibility index (Phi) is 7.15. The summed E-state index contributed by atoms with van der Waals surface area (Å²) in [6, 6.07) is 17.5. The molecule has 2 heterocycles. The van der Waals surface area contributed by atoms with Crippen molar-refractivity contribution < 1.29 is 18.7 Å². The Morgan fingerprint density at radius 2 is 1.68 bits per heavy atom. The average molecular weight is 500 g/mol. The van der Waals surface area contributed by atoms with Crippen LogP contribution in [-0.2, 0) is 11.3 Å². The number of nitrogens with zero attached hydrogens (tertiary/aromatic N) is 3. The Labute approximate surface area is 215 Å². The molecule has 1 aliphatic rings. The Balaban J connectivity index is 1.18. The summed E-state index contributed by atoms with van der Waals surface area (Å²) in [5.74, 6) is 0.199. The summed E-state index contributed by atoms with van der Waals surface area (Å²) in [5.41, 5.74) is 5.08. The molecule has 5 rings (SSSR count). The number of carbonyl (C=O) groups is 2. The highest BCUT2D eigenvalue weighted by atomic mass is 19.1. The molecule has 4 aromatic rings. The van der Waals surface area contributed by atoms with Gasteiger partial charge in [0, 0.05) is 68.4 Å². The third-order valence-corrected chi connectivity index (χ3v) is 7.06. The lowest BCUT2D eigenvalue weighted by Gasteiger charge is -2.39. The number of hydrogen-bond donors (Lipinski definition) is 0. The highest BCUT2D eigenvalue weighted by Gasteiger charge is 2.31. The van der Waals surface area contributed by atoms with E-state index in [4.69, 9.17) is 9.84 Å². The van der Waals surface area contributed by atoms with Crippen molar-refractivity contribution in [1.82, 2.24) is 14.7 Å². The monoisotopic (exact) mass is 499 g/mol. The fourth-order valence-electron chi connectivity index (χ4n) is 4.93. The molecule has 0 bridgehead atoms. The van der Waals surface area contributed by atoms with Crippen molar-refractivity contribution in [2.45, 2.75) is 26.3 Å². The molecule has 1 fully saturated rings. The van der Waals surface area contributed by atoms with E-state index in [1.165, 1.54) is 12.1 Å². The lowest BCUT2D eigenvalue weighted by molar-refractivity contribution is 0.0462. The number of benzene rings is 3. The molecule has 0 atom stereocenters. The van der Waals surface area contributed by atoms with Crippen LogP contribution in [0.4, 0.5) is 4.39 Å². The average Bonchev–Trinajstić information content (AvgIpc) is 3.30. The maximum atomic E-state index is 13.2. The maximum Gasteiger partial charge on any atom is 0.253 e. The third-order valence-electron chi connectivity index (χ3n) is 7.06. The molecule has 0 spiro atoms. The first kappa shape index (κ1) is 24.8. The number of halogens is 1. The number of hydrogen-bond acceptors (Lipinski definition) is 4. The highest BCUT2D eigenvalue weighted by Crippen LogP contribution is 2.26. The van der Waals surface area contributed by atoms with Gasteiger partial charge in [0.2, 0.25) is 0 Å². The lowest BCUT2D eigenvalue weighted by Crippen LogP contribution is -2.51. The summed E-state index contributed by atoms with van der Waals surface area (Å²) >= 11 is 0. The zero-order valence-corrected chi connectivity index (χ0v) is 21.1. The number of ketones is 1. The van der Waals surface area contributed by atoms with E-state index in [9.17, 15) is 14.0 Å². The molecule has 0 aliphatic carbocycles. The Hall–Kier alpha value is -3.84. The van der Waals surface area contributed by atoms with Crippen molar-refractivity contribution in [2.24, 2.45) is 5.92 Å². The molecule has 0 N–H and O–H groups in total. The smallest absolute Gasteiger partial charge is 0.253 e. The quantitative estimate of drug-likeness (QED) is 0.224. The number of Topliss-reactive ketones (excluding diaryl/α,β-unsaturated/α-hetero) is 1. The second-order valence-corrected chi connectivity index (χ2v) is 9.70. The molecule has 0 unspecified atom stereocenters. The fraction of sp³-hybridized carbons (Fsp3) is 0.300. The number of methoxy groups -OCH3 is 1. The topological polar surface area (TPSA) is 64.4 Å². The molecule has 1 aliphatic heterocycles. The largest absolute Gasteiger partial charge is 0.385 e. The van der Waals surface area contributed by atoms with Crippen molar-refractivity contribution in [1.29, 1.82) is 0 Å². The van der Waals surface area contributed by atoms with Gasteiger partial charge >= 0.3 is 0 Å². The minimum absolute atomic E-state index is 0.0139. The Morgan fingerprint density at radius 1 is 1.00 bits per heavy atom. The van der Waals surface area contributed by atoms with Crippen LogP contribution in [0.25, 0.3) is 22.0 Å². The predicted molar refractivity (Wildman–Crippen MR) is 141 cm³/mol. The van der Waals surface area contributed by atoms with Gasteiger partial charge in [-0.05, 0) is 66.4 Å². The van der Waals surface area contributed by atoms with Gasteiger partial charge in [0.15, 0.2) is 5.78 Å². The standard InChI is InChI=1S/C30H30FN3O3/c1-20-26(29(35)4-3-15-37-2)13-14-28-27(20)19-34(32-28)18-21-16-33(17-21)30(36)24-7-5-22(6-8-24)23-9-11-25(31)12-10-23/h5-14,19,21H,3-4,15-18H2,1-2H3. The minimum Gasteiger partial charge on any atom is -0.385 e. The van der Waals surface area contributed by atoms with Crippen molar-refractivity contribution in [3.05, 3.63) is 89.4 Å². The number of fused-ring (bicyclic) bond motifs is 1. The number of likely N-dealkylation sites (tertiary alicyclic amines) is 1. The van der Waals surface area contributed by atoms with Crippen LogP contribution in [0.5, 0.6) is 0 Å². The summed E-state index contributed by atoms with van der Waals surface area (Å²) in [4.78, 5) is 27.4. The third kappa shape index (κ3) is 5.32. The van der Waals surface area contributed by atoms with E-state index in [2.05, 4.69) is 0 Å². The van der Waals surface area contributed by atoms with Crippen LogP contribution < -0.4 is 0 Å². The molecule has 1 aromatic heterocycles. The lowest BCUT2D eigenvalue weighted by atomic mass is 9.97. The van der Waals surface area contributed by atoms with E-state index in [1.807, 2.05) is 59.1 Å². The summed E-state index contributed by atoms with van der Waals surface area (Å²) in [5, 5.41) is 5.69. The number of ether oxygens (including phenoxy) is 1. The van der Waals surface area contributed by atoms with Gasteiger partial charge in [0.05, 0.1) is 5.52 Å². The van der Waals surface area contributed by atoms with Crippen LogP contribution in [0.15, 0.2) is 66.9 Å². The molecule has 6 nitrogen and oxygen atoms in total. The van der Waals surface area contributed by atoms with E-state index in [-0.39, 0.29) is 17.5 Å². The summed E-state index contributed by atoms with van der Waals surface area (Å²) in [6.45, 7) is 4.63. The van der Waals surface area contributed by atoms with Crippen LogP contribution in [0.3, 0.4) is 0 Å². The van der Waals surface area contributed by atoms with Gasteiger partial charge in [-0.3, -0.25) is 14.3 Å². The Morgan fingerprint density at radius 3 is 2.35 bits per heavy atom. The van der Waals surface area contributed by atoms with E-state index >= 15 is 0 Å². The molecular formula is C30H30FN3O3. The number of aromatic nitrogens is 2. The van der Waals surface area contributed by atoms with Gasteiger partial charge < -0.3 is 9.64 Å². The fourth-order valence-corrected chi connectivity index (χ4v) is 4.93. The molecule has 1 saturated heterocycles. The number of rotatable bonds is 9.